The van der Waals surface area contributed by atoms with Crippen LogP contribution in [0.1, 0.15) is 51.4 Å². The van der Waals surface area contributed by atoms with Crippen molar-refractivity contribution in [1.29, 1.82) is 0 Å². The van der Waals surface area contributed by atoms with Crippen molar-refractivity contribution < 1.29 is 29.4 Å². The number of thioether (sulfide) groups is 1. The molecule has 2 fully saturated rings. The van der Waals surface area contributed by atoms with Crippen LogP contribution in [-0.4, -0.2) is 63.2 Å². The zero-order valence-electron chi connectivity index (χ0n) is 17.0. The highest BCUT2D eigenvalue weighted by molar-refractivity contribution is 8.00. The van der Waals surface area contributed by atoms with E-state index in [4.69, 9.17) is 9.57 Å². The molecular weight excluding hydrogens is 410 g/mol. The van der Waals surface area contributed by atoms with Crippen LogP contribution in [0.4, 0.5) is 4.79 Å². The number of carbonyl (C=O) groups is 2. The van der Waals surface area contributed by atoms with Gasteiger partial charge in [0.05, 0.1) is 12.1 Å². The third-order valence-electron chi connectivity index (χ3n) is 5.38. The molecule has 9 nitrogen and oxygen atoms in total. The highest BCUT2D eigenvalue weighted by Gasteiger charge is 2.42. The van der Waals surface area contributed by atoms with E-state index in [-0.39, 0.29) is 30.3 Å². The Kier molecular flexibility index (Phi) is 8.56. The lowest BCUT2D eigenvalue weighted by atomic mass is 10.0. The second-order valence-electron chi connectivity index (χ2n) is 7.70. The molecule has 0 aromatic carbocycles. The molecule has 0 radical (unpaired) electrons. The number of carbonyl (C=O) groups excluding carboxylic acids is 2. The Labute approximate surface area is 180 Å². The van der Waals surface area contributed by atoms with Crippen LogP contribution in [0, 0.1) is 0 Å². The molecule has 1 aromatic rings. The molecule has 0 aliphatic carbocycles. The summed E-state index contributed by atoms with van der Waals surface area (Å²) in [5, 5.41) is 25.3. The van der Waals surface area contributed by atoms with Gasteiger partial charge in [-0.15, -0.1) is 4.73 Å². The van der Waals surface area contributed by atoms with Gasteiger partial charge in [-0.25, -0.2) is 9.59 Å². The number of ether oxygens (including phenoxy) is 1. The van der Waals surface area contributed by atoms with Crippen LogP contribution in [-0.2, 0) is 9.53 Å². The van der Waals surface area contributed by atoms with E-state index >= 15 is 0 Å². The van der Waals surface area contributed by atoms with E-state index in [0.29, 0.717) is 29.0 Å². The predicted octanol–water partition coefficient (Wildman–Crippen LogP) is 2.16. The van der Waals surface area contributed by atoms with Gasteiger partial charge in [0.2, 0.25) is 11.8 Å². The van der Waals surface area contributed by atoms with Crippen molar-refractivity contribution in [3.05, 3.63) is 12.1 Å². The Morgan fingerprint density at radius 1 is 1.07 bits per heavy atom. The Balaban J connectivity index is 1.11. The number of unbranched alkanes of at least 4 members (excludes halogenated alkanes) is 4. The molecule has 30 heavy (non-hydrogen) atoms. The zero-order valence-corrected chi connectivity index (χ0v) is 17.9. The van der Waals surface area contributed by atoms with Gasteiger partial charge in [0.15, 0.2) is 0 Å². The zero-order chi connectivity index (χ0) is 21.3. The predicted molar refractivity (Wildman–Crippen MR) is 113 cm³/mol. The third-order valence-corrected chi connectivity index (χ3v) is 6.88. The van der Waals surface area contributed by atoms with Gasteiger partial charge in [-0.1, -0.05) is 19.3 Å². The van der Waals surface area contributed by atoms with Crippen LogP contribution >= 0.6 is 11.8 Å². The highest BCUT2D eigenvalue weighted by Crippen LogP contribution is 2.33. The van der Waals surface area contributed by atoms with Crippen molar-refractivity contribution in [3.63, 3.8) is 0 Å². The summed E-state index contributed by atoms with van der Waals surface area (Å²) >= 11 is 1.95. The summed E-state index contributed by atoms with van der Waals surface area (Å²) < 4.78 is 6.36. The summed E-state index contributed by atoms with van der Waals surface area (Å²) in [7, 11) is 0. The quantitative estimate of drug-likeness (QED) is 0.273. The average molecular weight is 442 g/mol. The standard InChI is InChI=1S/C20H31N3O6S/c24-16-9-10-17(25)23(16)29-18(26)8-4-2-6-12-28-11-5-1-3-7-15-19-14(13-30-15)21-20(27)22-19/h9-10,14-15,19,24-25H,1-8,11-13H2,(H2,21,22,27). The number of rotatable bonds is 13. The van der Waals surface area contributed by atoms with E-state index in [1.54, 1.807) is 0 Å². The first-order chi connectivity index (χ1) is 14.5. The van der Waals surface area contributed by atoms with Gasteiger partial charge < -0.3 is 30.4 Å². The summed E-state index contributed by atoms with van der Waals surface area (Å²) in [6, 6.07) is 3.05. The number of hydrogen-bond acceptors (Lipinski definition) is 7. The molecule has 10 heteroatoms. The molecule has 0 saturated carbocycles. The van der Waals surface area contributed by atoms with Crippen molar-refractivity contribution in [3.8, 4) is 11.8 Å². The fraction of sp³-hybridized carbons (Fsp3) is 0.700. The molecule has 3 rings (SSSR count). The van der Waals surface area contributed by atoms with Crippen molar-refractivity contribution in [2.45, 2.75) is 68.7 Å². The molecular formula is C20H31N3O6S. The largest absolute Gasteiger partial charge is 0.492 e. The fourth-order valence-electron chi connectivity index (χ4n) is 3.76. The van der Waals surface area contributed by atoms with E-state index in [1.807, 2.05) is 11.8 Å². The molecule has 3 heterocycles. The summed E-state index contributed by atoms with van der Waals surface area (Å²) in [6.45, 7) is 1.42. The monoisotopic (exact) mass is 441 g/mol. The SMILES string of the molecule is O=C1NC2CSC(CCCCCOCCCCCC(=O)On3c(O)ccc3O)C2N1. The van der Waals surface area contributed by atoms with Gasteiger partial charge >= 0.3 is 12.0 Å². The first-order valence-corrected chi connectivity index (χ1v) is 11.7. The van der Waals surface area contributed by atoms with Gasteiger partial charge in [0, 0.05) is 42.8 Å². The van der Waals surface area contributed by atoms with Crippen molar-refractivity contribution in [2.24, 2.45) is 0 Å². The third kappa shape index (κ3) is 6.46. The van der Waals surface area contributed by atoms with E-state index in [0.717, 1.165) is 50.9 Å². The Morgan fingerprint density at radius 2 is 1.77 bits per heavy atom. The molecule has 168 valence electrons. The minimum atomic E-state index is -0.502. The fourth-order valence-corrected chi connectivity index (χ4v) is 5.31. The number of nitrogens with zero attached hydrogens (tertiary/aromatic N) is 1. The smallest absolute Gasteiger partial charge is 0.333 e. The molecule has 2 aliphatic heterocycles. The highest BCUT2D eigenvalue weighted by atomic mass is 32.2. The van der Waals surface area contributed by atoms with Crippen molar-refractivity contribution in [1.82, 2.24) is 15.4 Å². The van der Waals surface area contributed by atoms with Crippen LogP contribution in [0.5, 0.6) is 11.8 Å². The Morgan fingerprint density at radius 3 is 2.50 bits per heavy atom. The lowest BCUT2D eigenvalue weighted by molar-refractivity contribution is -0.145. The lowest BCUT2D eigenvalue weighted by Crippen LogP contribution is -2.36. The van der Waals surface area contributed by atoms with Crippen LogP contribution in [0.15, 0.2) is 12.1 Å². The molecule has 1 aromatic heterocycles. The molecule has 2 saturated heterocycles. The van der Waals surface area contributed by atoms with Gasteiger partial charge in [0.25, 0.3) is 0 Å². The first kappa shape index (κ1) is 22.6. The van der Waals surface area contributed by atoms with Crippen LogP contribution in [0.2, 0.25) is 0 Å². The van der Waals surface area contributed by atoms with Crippen LogP contribution < -0.4 is 15.5 Å². The first-order valence-electron chi connectivity index (χ1n) is 10.6. The minimum Gasteiger partial charge on any atom is -0.492 e. The van der Waals surface area contributed by atoms with Crippen LogP contribution in [0.25, 0.3) is 0 Å². The van der Waals surface area contributed by atoms with E-state index in [1.165, 1.54) is 12.1 Å². The normalized spacial score (nSPS) is 22.5. The Hall–Kier alpha value is -2.07. The van der Waals surface area contributed by atoms with Gasteiger partial charge in [-0.2, -0.15) is 11.8 Å². The van der Waals surface area contributed by atoms with Crippen LogP contribution in [0.3, 0.4) is 0 Å². The Bertz CT molecular complexity index is 693. The number of aromatic nitrogens is 1. The number of aromatic hydroxyl groups is 2. The van der Waals surface area contributed by atoms with Crippen molar-refractivity contribution in [2.75, 3.05) is 19.0 Å². The molecule has 2 aliphatic rings. The topological polar surface area (TPSA) is 122 Å². The van der Waals surface area contributed by atoms with Gasteiger partial charge in [0.1, 0.15) is 0 Å². The van der Waals surface area contributed by atoms with E-state index < -0.39 is 5.97 Å². The number of urea groups is 1. The summed E-state index contributed by atoms with van der Waals surface area (Å²) in [6.07, 6.45) is 7.04. The second kappa shape index (κ2) is 11.4. The van der Waals surface area contributed by atoms with Crippen molar-refractivity contribution >= 4 is 23.8 Å². The molecule has 0 spiro atoms. The molecule has 4 N–H and O–H groups in total. The number of fused-ring (bicyclic) bond motifs is 1. The number of amides is 2. The van der Waals surface area contributed by atoms with E-state index in [2.05, 4.69) is 10.6 Å². The molecule has 0 bridgehead atoms. The van der Waals surface area contributed by atoms with Gasteiger partial charge in [-0.05, 0) is 25.7 Å². The van der Waals surface area contributed by atoms with Gasteiger partial charge in [-0.3, -0.25) is 0 Å². The summed E-state index contributed by atoms with van der Waals surface area (Å²) in [5.74, 6) is -0.130. The minimum absolute atomic E-state index is 0.0277. The maximum atomic E-state index is 11.7. The average Bonchev–Trinajstić information content (AvgIpc) is 3.36. The maximum Gasteiger partial charge on any atom is 0.333 e. The molecule has 3 unspecified atom stereocenters. The second-order valence-corrected chi connectivity index (χ2v) is 8.97. The number of hydrogen-bond donors (Lipinski definition) is 4. The molecule has 2 amide bonds. The maximum absolute atomic E-state index is 11.7. The summed E-state index contributed by atoms with van der Waals surface area (Å²) in [5.41, 5.74) is 0. The lowest BCUT2D eigenvalue weighted by Gasteiger charge is -2.16. The van der Waals surface area contributed by atoms with E-state index in [9.17, 15) is 19.8 Å². The molecule has 3 atom stereocenters. The summed E-state index contributed by atoms with van der Waals surface area (Å²) in [4.78, 5) is 28.0. The number of nitrogens with one attached hydrogen (secondary N) is 2.